The van der Waals surface area contributed by atoms with Gasteiger partial charge in [-0.1, -0.05) is 29.3 Å². The van der Waals surface area contributed by atoms with Crippen LogP contribution in [0.15, 0.2) is 36.8 Å². The maximum Gasteiger partial charge on any atom is 0.239 e. The van der Waals surface area contributed by atoms with Crippen molar-refractivity contribution < 1.29 is 4.79 Å². The third-order valence-corrected chi connectivity index (χ3v) is 3.17. The van der Waals surface area contributed by atoms with Gasteiger partial charge in [-0.2, -0.15) is 0 Å². The summed E-state index contributed by atoms with van der Waals surface area (Å²) in [7, 11) is 0. The SMILES string of the molecule is O=C(CNCc1ccc(Cl)c(Cl)c1)Nc1cnccn1. The molecule has 1 aromatic heterocycles. The number of benzene rings is 1. The molecule has 2 rings (SSSR count). The van der Waals surface area contributed by atoms with Crippen molar-refractivity contribution in [2.24, 2.45) is 0 Å². The van der Waals surface area contributed by atoms with E-state index in [9.17, 15) is 4.79 Å². The number of aromatic nitrogens is 2. The van der Waals surface area contributed by atoms with Crippen molar-refractivity contribution in [2.45, 2.75) is 6.54 Å². The van der Waals surface area contributed by atoms with Gasteiger partial charge in [0, 0.05) is 18.9 Å². The molecule has 2 N–H and O–H groups in total. The first-order chi connectivity index (χ1) is 9.65. The minimum absolute atomic E-state index is 0.164. The summed E-state index contributed by atoms with van der Waals surface area (Å²) < 4.78 is 0. The third-order valence-electron chi connectivity index (χ3n) is 2.43. The summed E-state index contributed by atoms with van der Waals surface area (Å²) in [5.41, 5.74) is 0.951. The Balaban J connectivity index is 1.78. The minimum Gasteiger partial charge on any atom is -0.308 e. The van der Waals surface area contributed by atoms with Gasteiger partial charge in [0.2, 0.25) is 5.91 Å². The summed E-state index contributed by atoms with van der Waals surface area (Å²) >= 11 is 11.7. The van der Waals surface area contributed by atoms with Crippen molar-refractivity contribution in [3.05, 3.63) is 52.4 Å². The van der Waals surface area contributed by atoms with Crippen LogP contribution in [0.25, 0.3) is 0 Å². The molecule has 20 heavy (non-hydrogen) atoms. The van der Waals surface area contributed by atoms with Crippen LogP contribution in [0.5, 0.6) is 0 Å². The Labute approximate surface area is 126 Å². The van der Waals surface area contributed by atoms with Crippen LogP contribution in [-0.2, 0) is 11.3 Å². The molecule has 1 amide bonds. The summed E-state index contributed by atoms with van der Waals surface area (Å²) in [4.78, 5) is 19.4. The normalized spacial score (nSPS) is 10.3. The third kappa shape index (κ3) is 4.45. The largest absolute Gasteiger partial charge is 0.308 e. The van der Waals surface area contributed by atoms with E-state index >= 15 is 0 Å². The second-order valence-electron chi connectivity index (χ2n) is 3.99. The lowest BCUT2D eigenvalue weighted by molar-refractivity contribution is -0.115. The van der Waals surface area contributed by atoms with Gasteiger partial charge in [-0.15, -0.1) is 0 Å². The van der Waals surface area contributed by atoms with Crippen molar-refractivity contribution in [2.75, 3.05) is 11.9 Å². The van der Waals surface area contributed by atoms with Crippen LogP contribution < -0.4 is 10.6 Å². The molecule has 0 fully saturated rings. The molecule has 0 saturated carbocycles. The molecule has 0 bridgehead atoms. The number of nitrogens with one attached hydrogen (secondary N) is 2. The van der Waals surface area contributed by atoms with Gasteiger partial charge >= 0.3 is 0 Å². The molecule has 7 heteroatoms. The Morgan fingerprint density at radius 1 is 1.20 bits per heavy atom. The second kappa shape index (κ2) is 7.19. The summed E-state index contributed by atoms with van der Waals surface area (Å²) in [6, 6.07) is 5.33. The van der Waals surface area contributed by atoms with Crippen LogP contribution in [-0.4, -0.2) is 22.4 Å². The molecule has 0 spiro atoms. The number of carbonyl (C=O) groups is 1. The fourth-order valence-corrected chi connectivity index (χ4v) is 1.84. The summed E-state index contributed by atoms with van der Waals surface area (Å²) in [5, 5.41) is 6.64. The Morgan fingerprint density at radius 2 is 2.05 bits per heavy atom. The van der Waals surface area contributed by atoms with Crippen LogP contribution in [0.1, 0.15) is 5.56 Å². The molecule has 0 atom stereocenters. The number of carbonyl (C=O) groups excluding carboxylic acids is 1. The highest BCUT2D eigenvalue weighted by Gasteiger charge is 2.03. The lowest BCUT2D eigenvalue weighted by Gasteiger charge is -2.06. The molecule has 5 nitrogen and oxygen atoms in total. The molecule has 0 aliphatic rings. The average Bonchev–Trinajstić information content (AvgIpc) is 2.44. The van der Waals surface area contributed by atoms with Crippen molar-refractivity contribution in [3.8, 4) is 0 Å². The molecule has 0 radical (unpaired) electrons. The highest BCUT2D eigenvalue weighted by Crippen LogP contribution is 2.22. The number of nitrogens with zero attached hydrogens (tertiary/aromatic N) is 2. The van der Waals surface area contributed by atoms with E-state index < -0.39 is 0 Å². The zero-order valence-corrected chi connectivity index (χ0v) is 11.9. The van der Waals surface area contributed by atoms with Gasteiger partial charge in [-0.3, -0.25) is 9.78 Å². The topological polar surface area (TPSA) is 66.9 Å². The molecule has 0 aliphatic carbocycles. The molecule has 1 heterocycles. The predicted molar refractivity (Wildman–Crippen MR) is 78.8 cm³/mol. The van der Waals surface area contributed by atoms with Gasteiger partial charge in [-0.05, 0) is 17.7 Å². The number of anilines is 1. The van der Waals surface area contributed by atoms with E-state index in [-0.39, 0.29) is 12.5 Å². The van der Waals surface area contributed by atoms with Gasteiger partial charge in [0.1, 0.15) is 0 Å². The molecule has 0 unspecified atom stereocenters. The van der Waals surface area contributed by atoms with Crippen molar-refractivity contribution >= 4 is 34.9 Å². The maximum absolute atomic E-state index is 11.6. The smallest absolute Gasteiger partial charge is 0.239 e. The maximum atomic E-state index is 11.6. The monoisotopic (exact) mass is 310 g/mol. The summed E-state index contributed by atoms with van der Waals surface area (Å²) in [6.07, 6.45) is 4.54. The van der Waals surface area contributed by atoms with Gasteiger partial charge in [0.15, 0.2) is 5.82 Å². The predicted octanol–water partition coefficient (Wildman–Crippen LogP) is 2.51. The van der Waals surface area contributed by atoms with Crippen LogP contribution in [0.2, 0.25) is 10.0 Å². The van der Waals surface area contributed by atoms with Gasteiger partial charge in [0.25, 0.3) is 0 Å². The van der Waals surface area contributed by atoms with E-state index in [1.165, 1.54) is 18.6 Å². The van der Waals surface area contributed by atoms with Crippen molar-refractivity contribution in [1.82, 2.24) is 15.3 Å². The molecule has 0 saturated heterocycles. The lowest BCUT2D eigenvalue weighted by Crippen LogP contribution is -2.28. The van der Waals surface area contributed by atoms with E-state index in [1.807, 2.05) is 6.07 Å². The molecular weight excluding hydrogens is 299 g/mol. The van der Waals surface area contributed by atoms with Crippen LogP contribution in [0.4, 0.5) is 5.82 Å². The van der Waals surface area contributed by atoms with Gasteiger partial charge < -0.3 is 10.6 Å². The Hall–Kier alpha value is -1.69. The van der Waals surface area contributed by atoms with Crippen molar-refractivity contribution in [3.63, 3.8) is 0 Å². The minimum atomic E-state index is -0.189. The first-order valence-electron chi connectivity index (χ1n) is 5.85. The fraction of sp³-hybridized carbons (Fsp3) is 0.154. The van der Waals surface area contributed by atoms with E-state index in [4.69, 9.17) is 23.2 Å². The Bertz CT molecular complexity index is 592. The number of hydrogen-bond acceptors (Lipinski definition) is 4. The first kappa shape index (κ1) is 14.7. The lowest BCUT2D eigenvalue weighted by atomic mass is 10.2. The van der Waals surface area contributed by atoms with Crippen molar-refractivity contribution in [1.29, 1.82) is 0 Å². The van der Waals surface area contributed by atoms with Crippen LogP contribution >= 0.6 is 23.2 Å². The highest BCUT2D eigenvalue weighted by atomic mass is 35.5. The number of hydrogen-bond donors (Lipinski definition) is 2. The van der Waals surface area contributed by atoms with E-state index in [0.29, 0.717) is 22.4 Å². The van der Waals surface area contributed by atoms with Crippen LogP contribution in [0, 0.1) is 0 Å². The molecule has 104 valence electrons. The summed E-state index contributed by atoms with van der Waals surface area (Å²) in [5.74, 6) is 0.236. The molecular formula is C13H12Cl2N4O. The number of rotatable bonds is 5. The average molecular weight is 311 g/mol. The van der Waals surface area contributed by atoms with Gasteiger partial charge in [0.05, 0.1) is 22.8 Å². The Kier molecular flexibility index (Phi) is 5.29. The Morgan fingerprint density at radius 3 is 2.75 bits per heavy atom. The first-order valence-corrected chi connectivity index (χ1v) is 6.61. The quantitative estimate of drug-likeness (QED) is 0.890. The highest BCUT2D eigenvalue weighted by molar-refractivity contribution is 6.42. The van der Waals surface area contributed by atoms with Crippen LogP contribution in [0.3, 0.4) is 0 Å². The number of amides is 1. The molecule has 0 aliphatic heterocycles. The fourth-order valence-electron chi connectivity index (χ4n) is 1.52. The van der Waals surface area contributed by atoms with E-state index in [0.717, 1.165) is 5.56 Å². The zero-order chi connectivity index (χ0) is 14.4. The van der Waals surface area contributed by atoms with E-state index in [1.54, 1.807) is 12.1 Å². The van der Waals surface area contributed by atoms with Gasteiger partial charge in [-0.25, -0.2) is 4.98 Å². The molecule has 2 aromatic rings. The molecule has 1 aromatic carbocycles. The second-order valence-corrected chi connectivity index (χ2v) is 4.81. The number of halogens is 2. The van der Waals surface area contributed by atoms with E-state index in [2.05, 4.69) is 20.6 Å². The zero-order valence-electron chi connectivity index (χ0n) is 10.4. The standard InChI is InChI=1S/C13H12Cl2N4O/c14-10-2-1-9(5-11(10)15)6-17-8-13(20)19-12-7-16-3-4-18-12/h1-5,7,17H,6,8H2,(H,18,19,20). The summed E-state index contributed by atoms with van der Waals surface area (Å²) in [6.45, 7) is 0.682.